The molecular formula is C9H17Br2NO2. The molecule has 14 heavy (non-hydrogen) atoms. The van der Waals surface area contributed by atoms with Gasteiger partial charge in [-0.2, -0.15) is 0 Å². The fourth-order valence-electron chi connectivity index (χ4n) is 0.825. The molecule has 0 aromatic rings. The highest BCUT2D eigenvalue weighted by Crippen LogP contribution is 2.10. The number of hydrogen-bond donors (Lipinski definition) is 0. The van der Waals surface area contributed by atoms with E-state index in [9.17, 15) is 4.79 Å². The summed E-state index contributed by atoms with van der Waals surface area (Å²) < 4.78 is 5.25. The van der Waals surface area contributed by atoms with Crippen molar-refractivity contribution in [1.29, 1.82) is 0 Å². The summed E-state index contributed by atoms with van der Waals surface area (Å²) >= 11 is 6.61. The minimum absolute atomic E-state index is 0.253. The van der Waals surface area contributed by atoms with Crippen LogP contribution >= 0.6 is 31.9 Å². The number of carbonyl (C=O) groups excluding carboxylic acids is 1. The van der Waals surface area contributed by atoms with Crippen molar-refractivity contribution < 1.29 is 9.53 Å². The molecule has 84 valence electrons. The summed E-state index contributed by atoms with van der Waals surface area (Å²) in [6, 6.07) is 0. The summed E-state index contributed by atoms with van der Waals surface area (Å²) in [4.78, 5) is 13.3. The first-order valence-corrected chi connectivity index (χ1v) is 6.75. The third-order valence-corrected chi connectivity index (χ3v) is 2.07. The maximum atomic E-state index is 11.6. The first-order valence-electron chi connectivity index (χ1n) is 4.50. The van der Waals surface area contributed by atoms with Gasteiger partial charge in [0.25, 0.3) is 0 Å². The maximum absolute atomic E-state index is 11.6. The summed E-state index contributed by atoms with van der Waals surface area (Å²) in [5, 5.41) is 1.53. The Hall–Kier alpha value is 0.230. The standard InChI is InChI=1S/C9H17Br2NO2/c1-9(2,3)14-8(13)12(6-4-10)7-5-11/h4-7H2,1-3H3. The molecule has 0 fully saturated rings. The van der Waals surface area contributed by atoms with Crippen molar-refractivity contribution in [3.05, 3.63) is 0 Å². The summed E-state index contributed by atoms with van der Waals surface area (Å²) in [6.45, 7) is 6.93. The van der Waals surface area contributed by atoms with E-state index in [-0.39, 0.29) is 6.09 Å². The number of carbonyl (C=O) groups is 1. The first kappa shape index (κ1) is 14.2. The highest BCUT2D eigenvalue weighted by Gasteiger charge is 2.20. The Morgan fingerprint density at radius 1 is 1.21 bits per heavy atom. The van der Waals surface area contributed by atoms with E-state index in [1.165, 1.54) is 0 Å². The maximum Gasteiger partial charge on any atom is 0.410 e. The molecule has 0 aromatic heterocycles. The van der Waals surface area contributed by atoms with Gasteiger partial charge in [-0.1, -0.05) is 31.9 Å². The lowest BCUT2D eigenvalue weighted by atomic mass is 10.2. The number of ether oxygens (including phenoxy) is 1. The quantitative estimate of drug-likeness (QED) is 0.741. The third kappa shape index (κ3) is 6.65. The number of rotatable bonds is 4. The largest absolute Gasteiger partial charge is 0.444 e. The van der Waals surface area contributed by atoms with Gasteiger partial charge in [-0.05, 0) is 20.8 Å². The molecule has 0 aromatic carbocycles. The highest BCUT2D eigenvalue weighted by molar-refractivity contribution is 9.09. The van der Waals surface area contributed by atoms with Crippen LogP contribution in [0.4, 0.5) is 4.79 Å². The molecule has 0 radical (unpaired) electrons. The summed E-state index contributed by atoms with van der Waals surface area (Å²) in [5.74, 6) is 0. The minimum Gasteiger partial charge on any atom is -0.444 e. The van der Waals surface area contributed by atoms with Crippen LogP contribution in [0.2, 0.25) is 0 Å². The normalized spacial score (nSPS) is 11.2. The van der Waals surface area contributed by atoms with Crippen LogP contribution in [0.25, 0.3) is 0 Å². The van der Waals surface area contributed by atoms with E-state index >= 15 is 0 Å². The molecule has 0 N–H and O–H groups in total. The van der Waals surface area contributed by atoms with Crippen molar-refractivity contribution in [3.8, 4) is 0 Å². The molecule has 0 bridgehead atoms. The van der Waals surface area contributed by atoms with Crippen molar-refractivity contribution in [2.45, 2.75) is 26.4 Å². The Morgan fingerprint density at radius 3 is 1.93 bits per heavy atom. The molecule has 0 saturated heterocycles. The Bertz CT molecular complexity index is 174. The average molecular weight is 331 g/mol. The van der Waals surface area contributed by atoms with E-state index < -0.39 is 5.60 Å². The zero-order valence-electron chi connectivity index (χ0n) is 8.85. The molecule has 0 aliphatic carbocycles. The van der Waals surface area contributed by atoms with Crippen LogP contribution in [-0.4, -0.2) is 40.3 Å². The average Bonchev–Trinajstić information content (AvgIpc) is 2.01. The Balaban J connectivity index is 4.14. The Morgan fingerprint density at radius 2 is 1.64 bits per heavy atom. The van der Waals surface area contributed by atoms with Crippen LogP contribution in [0.1, 0.15) is 20.8 Å². The van der Waals surface area contributed by atoms with E-state index in [0.717, 1.165) is 10.7 Å². The van der Waals surface area contributed by atoms with Crippen LogP contribution in [0, 0.1) is 0 Å². The first-order chi connectivity index (χ1) is 6.40. The molecule has 0 spiro atoms. The third-order valence-electron chi connectivity index (χ3n) is 1.36. The fourth-order valence-corrected chi connectivity index (χ4v) is 1.68. The number of halogens is 2. The van der Waals surface area contributed by atoms with Crippen molar-refractivity contribution in [3.63, 3.8) is 0 Å². The number of amides is 1. The van der Waals surface area contributed by atoms with Crippen LogP contribution in [0.15, 0.2) is 0 Å². The minimum atomic E-state index is -0.423. The zero-order valence-corrected chi connectivity index (χ0v) is 12.0. The SMILES string of the molecule is CC(C)(C)OC(=O)N(CCBr)CCBr. The predicted molar refractivity (Wildman–Crippen MR) is 65.4 cm³/mol. The molecule has 1 amide bonds. The molecule has 3 nitrogen and oxygen atoms in total. The van der Waals surface area contributed by atoms with Gasteiger partial charge in [0.15, 0.2) is 0 Å². The number of alkyl halides is 2. The van der Waals surface area contributed by atoms with Gasteiger partial charge in [-0.15, -0.1) is 0 Å². The molecule has 0 unspecified atom stereocenters. The van der Waals surface area contributed by atoms with Crippen LogP contribution in [-0.2, 0) is 4.74 Å². The molecule has 0 saturated carbocycles. The van der Waals surface area contributed by atoms with Crippen LogP contribution in [0.5, 0.6) is 0 Å². The lowest BCUT2D eigenvalue weighted by molar-refractivity contribution is 0.0275. The van der Waals surface area contributed by atoms with E-state index in [1.54, 1.807) is 4.90 Å². The predicted octanol–water partition coefficient (Wildman–Crippen LogP) is 3.01. The van der Waals surface area contributed by atoms with Crippen molar-refractivity contribution >= 4 is 38.0 Å². The monoisotopic (exact) mass is 329 g/mol. The lowest BCUT2D eigenvalue weighted by Gasteiger charge is -2.26. The second kappa shape index (κ2) is 6.67. The van der Waals surface area contributed by atoms with Crippen LogP contribution in [0.3, 0.4) is 0 Å². The number of hydrogen-bond acceptors (Lipinski definition) is 2. The van der Waals surface area contributed by atoms with E-state index in [1.807, 2.05) is 20.8 Å². The van der Waals surface area contributed by atoms with Crippen molar-refractivity contribution in [2.75, 3.05) is 23.7 Å². The summed E-state index contributed by atoms with van der Waals surface area (Å²) in [7, 11) is 0. The lowest BCUT2D eigenvalue weighted by Crippen LogP contribution is -2.38. The van der Waals surface area contributed by atoms with Gasteiger partial charge in [-0.3, -0.25) is 0 Å². The van der Waals surface area contributed by atoms with Gasteiger partial charge in [0, 0.05) is 23.7 Å². The van der Waals surface area contributed by atoms with Crippen molar-refractivity contribution in [1.82, 2.24) is 4.90 Å². The summed E-state index contributed by atoms with van der Waals surface area (Å²) in [6.07, 6.45) is -0.253. The Kier molecular flexibility index (Phi) is 6.78. The second-order valence-corrected chi connectivity index (χ2v) is 5.43. The van der Waals surface area contributed by atoms with Gasteiger partial charge < -0.3 is 9.64 Å². The van der Waals surface area contributed by atoms with E-state index in [2.05, 4.69) is 31.9 Å². The topological polar surface area (TPSA) is 29.5 Å². The number of nitrogens with zero attached hydrogens (tertiary/aromatic N) is 1. The van der Waals surface area contributed by atoms with Gasteiger partial charge in [0.2, 0.25) is 0 Å². The second-order valence-electron chi connectivity index (χ2n) is 3.85. The molecule has 0 atom stereocenters. The molecular weight excluding hydrogens is 314 g/mol. The summed E-state index contributed by atoms with van der Waals surface area (Å²) in [5.41, 5.74) is -0.423. The van der Waals surface area contributed by atoms with Gasteiger partial charge in [0.1, 0.15) is 5.60 Å². The molecule has 0 rings (SSSR count). The fraction of sp³-hybridized carbons (Fsp3) is 0.889. The van der Waals surface area contributed by atoms with E-state index in [4.69, 9.17) is 4.74 Å². The molecule has 0 aliphatic heterocycles. The Labute approximate surface area is 102 Å². The molecule has 0 heterocycles. The smallest absolute Gasteiger partial charge is 0.410 e. The molecule has 5 heteroatoms. The van der Waals surface area contributed by atoms with Gasteiger partial charge in [0.05, 0.1) is 0 Å². The van der Waals surface area contributed by atoms with Crippen molar-refractivity contribution in [2.24, 2.45) is 0 Å². The van der Waals surface area contributed by atoms with Gasteiger partial charge in [-0.25, -0.2) is 4.79 Å². The van der Waals surface area contributed by atoms with Crippen LogP contribution < -0.4 is 0 Å². The van der Waals surface area contributed by atoms with Gasteiger partial charge >= 0.3 is 6.09 Å². The zero-order chi connectivity index (χ0) is 11.2. The highest BCUT2D eigenvalue weighted by atomic mass is 79.9. The molecule has 0 aliphatic rings. The van der Waals surface area contributed by atoms with E-state index in [0.29, 0.717) is 13.1 Å².